The quantitative estimate of drug-likeness (QED) is 0.871. The number of hydrogen-bond donors (Lipinski definition) is 1. The molecule has 1 unspecified atom stereocenters. The molecule has 0 saturated heterocycles. The molecule has 0 aliphatic carbocycles. The number of aliphatic hydroxyl groups is 1. The molecule has 0 aliphatic heterocycles. The molecule has 0 radical (unpaired) electrons. The average Bonchev–Trinajstić information content (AvgIpc) is 2.77. The maximum absolute atomic E-state index is 9.89. The average molecular weight is 225 g/mol. The fourth-order valence-corrected chi connectivity index (χ4v) is 2.81. The number of aryl methyl sites for hydroxylation is 1. The van der Waals surface area contributed by atoms with E-state index in [0.717, 1.165) is 10.6 Å². The molecule has 2 rings (SSSR count). The van der Waals surface area contributed by atoms with Crippen LogP contribution in [0.1, 0.15) is 21.6 Å². The molecular weight excluding hydrogens is 214 g/mol. The molecule has 0 aliphatic rings. The molecule has 0 fully saturated rings. The smallest absolute Gasteiger partial charge is 0.0930 e. The summed E-state index contributed by atoms with van der Waals surface area (Å²) < 4.78 is 0. The summed E-state index contributed by atoms with van der Waals surface area (Å²) in [6.07, 6.45) is 0.297. The Balaban J connectivity index is 2.09. The summed E-state index contributed by atoms with van der Waals surface area (Å²) in [6.45, 7) is 1.98. The molecule has 1 atom stereocenters. The van der Waals surface area contributed by atoms with Crippen molar-refractivity contribution in [1.82, 2.24) is 4.98 Å². The van der Waals surface area contributed by atoms with Gasteiger partial charge in [-0.25, -0.2) is 4.98 Å². The predicted molar refractivity (Wildman–Crippen MR) is 59.8 cm³/mol. The van der Waals surface area contributed by atoms with E-state index in [0.29, 0.717) is 6.42 Å². The van der Waals surface area contributed by atoms with E-state index in [1.54, 1.807) is 22.7 Å². The minimum Gasteiger partial charge on any atom is -0.387 e. The number of nitrogens with zero attached hydrogens (tertiary/aromatic N) is 1. The summed E-state index contributed by atoms with van der Waals surface area (Å²) in [6, 6.07) is 3.93. The lowest BCUT2D eigenvalue weighted by molar-refractivity contribution is 0.183. The van der Waals surface area contributed by atoms with Gasteiger partial charge >= 0.3 is 0 Å². The molecule has 2 nitrogen and oxygen atoms in total. The molecule has 0 bridgehead atoms. The van der Waals surface area contributed by atoms with Crippen molar-refractivity contribution in [3.8, 4) is 0 Å². The molecule has 0 aromatic carbocycles. The van der Waals surface area contributed by atoms with Gasteiger partial charge in [-0.05, 0) is 18.4 Å². The Bertz CT molecular complexity index is 394. The van der Waals surface area contributed by atoms with Crippen LogP contribution in [-0.2, 0) is 6.42 Å². The second kappa shape index (κ2) is 4.21. The van der Waals surface area contributed by atoms with Crippen molar-refractivity contribution in [3.05, 3.63) is 38.5 Å². The fourth-order valence-electron chi connectivity index (χ4n) is 1.28. The van der Waals surface area contributed by atoms with Crippen LogP contribution in [0.2, 0.25) is 0 Å². The van der Waals surface area contributed by atoms with E-state index in [1.165, 1.54) is 4.88 Å². The second-order valence-corrected chi connectivity index (χ2v) is 5.01. The lowest BCUT2D eigenvalue weighted by Crippen LogP contribution is -1.98. The zero-order valence-electron chi connectivity index (χ0n) is 7.80. The van der Waals surface area contributed by atoms with E-state index < -0.39 is 0 Å². The topological polar surface area (TPSA) is 33.1 Å². The third-order valence-electron chi connectivity index (χ3n) is 2.10. The van der Waals surface area contributed by atoms with E-state index in [1.807, 2.05) is 29.9 Å². The minimum atomic E-state index is -0.380. The van der Waals surface area contributed by atoms with Crippen LogP contribution < -0.4 is 0 Å². The van der Waals surface area contributed by atoms with Gasteiger partial charge in [0, 0.05) is 16.2 Å². The van der Waals surface area contributed by atoms with Crippen LogP contribution in [0.4, 0.5) is 0 Å². The zero-order chi connectivity index (χ0) is 9.97. The van der Waals surface area contributed by atoms with Crippen LogP contribution in [0.5, 0.6) is 0 Å². The Morgan fingerprint density at radius 2 is 2.36 bits per heavy atom. The van der Waals surface area contributed by atoms with Gasteiger partial charge in [0.25, 0.3) is 0 Å². The molecule has 2 aromatic heterocycles. The standard InChI is InChI=1S/C10H11NOS2/c1-7-10(14-6-11-7)5-8(12)9-3-2-4-13-9/h2-4,6,8,12H,5H2,1H3. The summed E-state index contributed by atoms with van der Waals surface area (Å²) in [4.78, 5) is 6.36. The third-order valence-corrected chi connectivity index (χ3v) is 4.03. The SMILES string of the molecule is Cc1ncsc1CC(O)c1cccs1. The summed E-state index contributed by atoms with van der Waals surface area (Å²) in [5.41, 5.74) is 2.86. The van der Waals surface area contributed by atoms with Crippen LogP contribution in [0.3, 0.4) is 0 Å². The highest BCUT2D eigenvalue weighted by molar-refractivity contribution is 7.10. The van der Waals surface area contributed by atoms with Crippen molar-refractivity contribution < 1.29 is 5.11 Å². The highest BCUT2D eigenvalue weighted by Gasteiger charge is 2.12. The highest BCUT2D eigenvalue weighted by Crippen LogP contribution is 2.25. The van der Waals surface area contributed by atoms with Crippen molar-refractivity contribution >= 4 is 22.7 Å². The first-order valence-corrected chi connectivity index (χ1v) is 6.13. The van der Waals surface area contributed by atoms with E-state index >= 15 is 0 Å². The maximum Gasteiger partial charge on any atom is 0.0930 e. The largest absolute Gasteiger partial charge is 0.387 e. The Morgan fingerprint density at radius 3 is 2.93 bits per heavy atom. The van der Waals surface area contributed by atoms with Gasteiger partial charge in [-0.3, -0.25) is 0 Å². The van der Waals surface area contributed by atoms with Gasteiger partial charge in [-0.15, -0.1) is 22.7 Å². The first-order chi connectivity index (χ1) is 6.77. The lowest BCUT2D eigenvalue weighted by Gasteiger charge is -2.06. The third kappa shape index (κ3) is 2.03. The van der Waals surface area contributed by atoms with Gasteiger partial charge in [-0.1, -0.05) is 6.07 Å². The van der Waals surface area contributed by atoms with Crippen molar-refractivity contribution in [2.75, 3.05) is 0 Å². The molecule has 74 valence electrons. The number of thiazole rings is 1. The van der Waals surface area contributed by atoms with Crippen molar-refractivity contribution in [3.63, 3.8) is 0 Å². The molecule has 0 amide bonds. The summed E-state index contributed by atoms with van der Waals surface area (Å²) in [5.74, 6) is 0. The predicted octanol–water partition coefficient (Wildman–Crippen LogP) is 2.79. The molecule has 2 heterocycles. The van der Waals surface area contributed by atoms with Crippen molar-refractivity contribution in [1.29, 1.82) is 0 Å². The summed E-state index contributed by atoms with van der Waals surface area (Å²) in [5, 5.41) is 11.9. The van der Waals surface area contributed by atoms with E-state index in [9.17, 15) is 5.11 Å². The number of aliphatic hydroxyl groups excluding tert-OH is 1. The van der Waals surface area contributed by atoms with E-state index in [-0.39, 0.29) is 6.10 Å². The Labute approximate surface area is 90.9 Å². The van der Waals surface area contributed by atoms with Gasteiger partial charge in [-0.2, -0.15) is 0 Å². The Kier molecular flexibility index (Phi) is 2.96. The van der Waals surface area contributed by atoms with Crippen LogP contribution in [0, 0.1) is 6.92 Å². The van der Waals surface area contributed by atoms with Gasteiger partial charge < -0.3 is 5.11 Å². The number of thiophene rings is 1. The first kappa shape index (κ1) is 9.83. The second-order valence-electron chi connectivity index (χ2n) is 3.10. The number of rotatable bonds is 3. The van der Waals surface area contributed by atoms with Crippen LogP contribution in [-0.4, -0.2) is 10.1 Å². The monoisotopic (exact) mass is 225 g/mol. The van der Waals surface area contributed by atoms with Gasteiger partial charge in [0.05, 0.1) is 17.3 Å². The fraction of sp³-hybridized carbons (Fsp3) is 0.300. The molecule has 2 aromatic rings. The summed E-state index contributed by atoms with van der Waals surface area (Å²) in [7, 11) is 0. The normalized spacial score (nSPS) is 13.0. The van der Waals surface area contributed by atoms with E-state index in [2.05, 4.69) is 4.98 Å². The maximum atomic E-state index is 9.89. The van der Waals surface area contributed by atoms with Crippen molar-refractivity contribution in [2.45, 2.75) is 19.4 Å². The molecule has 4 heteroatoms. The number of aromatic nitrogens is 1. The van der Waals surface area contributed by atoms with Gasteiger partial charge in [0.1, 0.15) is 0 Å². The molecule has 1 N–H and O–H groups in total. The first-order valence-electron chi connectivity index (χ1n) is 4.38. The van der Waals surface area contributed by atoms with Crippen LogP contribution >= 0.6 is 22.7 Å². The Hall–Kier alpha value is -0.710. The molecule has 14 heavy (non-hydrogen) atoms. The van der Waals surface area contributed by atoms with E-state index in [4.69, 9.17) is 0 Å². The van der Waals surface area contributed by atoms with Gasteiger partial charge in [0.2, 0.25) is 0 Å². The zero-order valence-corrected chi connectivity index (χ0v) is 9.44. The molecular formula is C10H11NOS2. The highest BCUT2D eigenvalue weighted by atomic mass is 32.1. The van der Waals surface area contributed by atoms with Gasteiger partial charge in [0.15, 0.2) is 0 Å². The number of hydrogen-bond acceptors (Lipinski definition) is 4. The Morgan fingerprint density at radius 1 is 1.50 bits per heavy atom. The molecule has 0 spiro atoms. The van der Waals surface area contributed by atoms with Crippen LogP contribution in [0.25, 0.3) is 0 Å². The molecule has 0 saturated carbocycles. The van der Waals surface area contributed by atoms with Crippen LogP contribution in [0.15, 0.2) is 23.0 Å². The minimum absolute atomic E-state index is 0.380. The summed E-state index contributed by atoms with van der Waals surface area (Å²) >= 11 is 3.20. The lowest BCUT2D eigenvalue weighted by atomic mass is 10.2. The van der Waals surface area contributed by atoms with Crippen molar-refractivity contribution in [2.24, 2.45) is 0 Å².